The summed E-state index contributed by atoms with van der Waals surface area (Å²) in [7, 11) is 0. The number of carbonyl (C=O) groups excluding carboxylic acids is 1. The van der Waals surface area contributed by atoms with Crippen molar-refractivity contribution >= 4 is 11.8 Å². The van der Waals surface area contributed by atoms with E-state index in [1.54, 1.807) is 0 Å². The number of amides is 2. The van der Waals surface area contributed by atoms with Crippen molar-refractivity contribution in [1.82, 2.24) is 15.5 Å². The molecule has 1 aliphatic carbocycles. The van der Waals surface area contributed by atoms with Crippen LogP contribution in [0.2, 0.25) is 0 Å². The number of benzene rings is 1. The van der Waals surface area contributed by atoms with E-state index in [9.17, 15) is 4.79 Å². The predicted octanol–water partition coefficient (Wildman–Crippen LogP) is 2.34. The molecule has 1 aliphatic heterocycles. The molecule has 0 atom stereocenters. The lowest BCUT2D eigenvalue weighted by Crippen LogP contribution is -2.28. The van der Waals surface area contributed by atoms with Gasteiger partial charge in [-0.25, -0.2) is 4.79 Å². The fraction of sp³-hybridized carbons (Fsp3) is 0.333. The van der Waals surface area contributed by atoms with Crippen LogP contribution in [0.1, 0.15) is 30.0 Å². The molecule has 7 nitrogen and oxygen atoms in total. The Morgan fingerprint density at radius 3 is 3.00 bits per heavy atom. The molecule has 2 aromatic rings. The normalized spacial score (nSPS) is 15.6. The largest absolute Gasteiger partial charge is 0.454 e. The van der Waals surface area contributed by atoms with Crippen molar-refractivity contribution < 1.29 is 14.3 Å². The van der Waals surface area contributed by atoms with Gasteiger partial charge in [0.05, 0.1) is 5.69 Å². The lowest BCUT2D eigenvalue weighted by molar-refractivity contribution is 0.174. The smallest absolute Gasteiger partial charge is 0.320 e. The maximum atomic E-state index is 11.9. The topological polar surface area (TPSA) is 88.3 Å². The number of rotatable bonds is 4. The SMILES string of the molecule is O=C(NCc1ccc2c(c1)OCO2)Nc1cc(C2CC2)n[nH]1. The Labute approximate surface area is 127 Å². The molecule has 114 valence electrons. The van der Waals surface area contributed by atoms with Gasteiger partial charge < -0.3 is 14.8 Å². The van der Waals surface area contributed by atoms with E-state index in [-0.39, 0.29) is 12.8 Å². The van der Waals surface area contributed by atoms with Crippen LogP contribution in [0.25, 0.3) is 0 Å². The van der Waals surface area contributed by atoms with Crippen LogP contribution < -0.4 is 20.1 Å². The third kappa shape index (κ3) is 2.69. The zero-order valence-corrected chi connectivity index (χ0v) is 11.9. The Morgan fingerprint density at radius 2 is 2.14 bits per heavy atom. The number of hydrogen-bond acceptors (Lipinski definition) is 4. The Hall–Kier alpha value is -2.70. The summed E-state index contributed by atoms with van der Waals surface area (Å²) in [6, 6.07) is 7.22. The van der Waals surface area contributed by atoms with E-state index in [0.717, 1.165) is 17.0 Å². The van der Waals surface area contributed by atoms with Crippen molar-refractivity contribution in [3.8, 4) is 11.5 Å². The van der Waals surface area contributed by atoms with Gasteiger partial charge in [0.25, 0.3) is 0 Å². The minimum atomic E-state index is -0.274. The molecule has 0 saturated heterocycles. The van der Waals surface area contributed by atoms with E-state index in [1.807, 2.05) is 24.3 Å². The van der Waals surface area contributed by atoms with Gasteiger partial charge in [0, 0.05) is 18.5 Å². The number of carbonyl (C=O) groups is 1. The number of nitrogens with one attached hydrogen (secondary N) is 3. The van der Waals surface area contributed by atoms with Gasteiger partial charge in [-0.05, 0) is 30.5 Å². The van der Waals surface area contributed by atoms with Gasteiger partial charge in [-0.3, -0.25) is 10.4 Å². The number of hydrogen-bond donors (Lipinski definition) is 3. The number of fused-ring (bicyclic) bond motifs is 1. The highest BCUT2D eigenvalue weighted by molar-refractivity contribution is 5.88. The van der Waals surface area contributed by atoms with E-state index in [0.29, 0.717) is 24.0 Å². The lowest BCUT2D eigenvalue weighted by Gasteiger charge is -2.06. The Bertz CT molecular complexity index is 709. The molecular weight excluding hydrogens is 284 g/mol. The molecule has 4 rings (SSSR count). The second kappa shape index (κ2) is 5.25. The molecule has 1 fully saturated rings. The molecule has 0 radical (unpaired) electrons. The van der Waals surface area contributed by atoms with Crippen LogP contribution in [0.3, 0.4) is 0 Å². The zero-order valence-electron chi connectivity index (χ0n) is 11.9. The van der Waals surface area contributed by atoms with Gasteiger partial charge in [0.15, 0.2) is 11.5 Å². The molecule has 2 amide bonds. The summed E-state index contributed by atoms with van der Waals surface area (Å²) in [5.41, 5.74) is 1.97. The molecule has 0 bridgehead atoms. The first-order valence-corrected chi connectivity index (χ1v) is 7.26. The number of ether oxygens (including phenoxy) is 2. The van der Waals surface area contributed by atoms with Gasteiger partial charge in [-0.15, -0.1) is 0 Å². The van der Waals surface area contributed by atoms with Gasteiger partial charge >= 0.3 is 6.03 Å². The average molecular weight is 300 g/mol. The summed E-state index contributed by atoms with van der Waals surface area (Å²) >= 11 is 0. The first-order chi connectivity index (χ1) is 10.8. The number of H-pyrrole nitrogens is 1. The first-order valence-electron chi connectivity index (χ1n) is 7.26. The summed E-state index contributed by atoms with van der Waals surface area (Å²) in [5, 5.41) is 12.6. The van der Waals surface area contributed by atoms with Crippen LogP contribution in [0.4, 0.5) is 10.6 Å². The average Bonchev–Trinajstić information content (AvgIpc) is 3.08. The number of anilines is 1. The standard InChI is InChI=1S/C15H16N4O3/c20-15(17-14-6-11(18-19-14)10-2-3-10)16-7-9-1-4-12-13(5-9)22-8-21-12/h1,4-6,10H,2-3,7-8H2,(H3,16,17,18,19,20). The molecule has 0 spiro atoms. The Balaban J connectivity index is 1.31. The van der Waals surface area contributed by atoms with Crippen LogP contribution in [-0.4, -0.2) is 23.0 Å². The maximum Gasteiger partial charge on any atom is 0.320 e. The Morgan fingerprint density at radius 1 is 1.27 bits per heavy atom. The van der Waals surface area contributed by atoms with Crippen LogP contribution in [0.5, 0.6) is 11.5 Å². The summed E-state index contributed by atoms with van der Waals surface area (Å²) < 4.78 is 10.6. The lowest BCUT2D eigenvalue weighted by atomic mass is 10.2. The quantitative estimate of drug-likeness (QED) is 0.808. The molecule has 1 aromatic carbocycles. The third-order valence-corrected chi connectivity index (χ3v) is 3.73. The van der Waals surface area contributed by atoms with E-state index < -0.39 is 0 Å². The summed E-state index contributed by atoms with van der Waals surface area (Å²) in [4.78, 5) is 11.9. The van der Waals surface area contributed by atoms with Crippen molar-refractivity contribution in [2.24, 2.45) is 0 Å². The molecule has 1 aromatic heterocycles. The zero-order chi connectivity index (χ0) is 14.9. The van der Waals surface area contributed by atoms with Crippen LogP contribution in [0, 0.1) is 0 Å². The van der Waals surface area contributed by atoms with Crippen molar-refractivity contribution in [2.45, 2.75) is 25.3 Å². The molecule has 22 heavy (non-hydrogen) atoms. The van der Waals surface area contributed by atoms with Crippen molar-refractivity contribution in [2.75, 3.05) is 12.1 Å². The Kier molecular flexibility index (Phi) is 3.10. The second-order valence-electron chi connectivity index (χ2n) is 5.48. The molecule has 0 unspecified atom stereocenters. The molecule has 7 heteroatoms. The van der Waals surface area contributed by atoms with E-state index in [1.165, 1.54) is 12.8 Å². The fourth-order valence-corrected chi connectivity index (χ4v) is 2.39. The molecule has 2 heterocycles. The van der Waals surface area contributed by atoms with Crippen LogP contribution >= 0.6 is 0 Å². The number of aromatic amines is 1. The number of aromatic nitrogens is 2. The van der Waals surface area contributed by atoms with Gasteiger partial charge in [-0.2, -0.15) is 5.10 Å². The highest BCUT2D eigenvalue weighted by Crippen LogP contribution is 2.39. The minimum absolute atomic E-state index is 0.246. The second-order valence-corrected chi connectivity index (χ2v) is 5.48. The van der Waals surface area contributed by atoms with Crippen molar-refractivity contribution in [3.63, 3.8) is 0 Å². The minimum Gasteiger partial charge on any atom is -0.454 e. The van der Waals surface area contributed by atoms with Crippen LogP contribution in [-0.2, 0) is 6.54 Å². The van der Waals surface area contributed by atoms with Crippen LogP contribution in [0.15, 0.2) is 24.3 Å². The van der Waals surface area contributed by atoms with E-state index in [2.05, 4.69) is 20.8 Å². The predicted molar refractivity (Wildman–Crippen MR) is 79.0 cm³/mol. The number of urea groups is 1. The maximum absolute atomic E-state index is 11.9. The van der Waals surface area contributed by atoms with Gasteiger partial charge in [0.1, 0.15) is 5.82 Å². The first kappa shape index (κ1) is 13.0. The van der Waals surface area contributed by atoms with E-state index in [4.69, 9.17) is 9.47 Å². The van der Waals surface area contributed by atoms with E-state index >= 15 is 0 Å². The fourth-order valence-electron chi connectivity index (χ4n) is 2.39. The summed E-state index contributed by atoms with van der Waals surface area (Å²) in [5.74, 6) is 2.62. The molecular formula is C15H16N4O3. The van der Waals surface area contributed by atoms with Crippen molar-refractivity contribution in [1.29, 1.82) is 0 Å². The highest BCUT2D eigenvalue weighted by Gasteiger charge is 2.26. The molecule has 3 N–H and O–H groups in total. The summed E-state index contributed by atoms with van der Waals surface area (Å²) in [6.45, 7) is 0.655. The summed E-state index contributed by atoms with van der Waals surface area (Å²) in [6.07, 6.45) is 2.36. The number of nitrogens with zero attached hydrogens (tertiary/aromatic N) is 1. The third-order valence-electron chi connectivity index (χ3n) is 3.73. The highest BCUT2D eigenvalue weighted by atomic mass is 16.7. The monoisotopic (exact) mass is 300 g/mol. The van der Waals surface area contributed by atoms with Gasteiger partial charge in [-0.1, -0.05) is 6.07 Å². The van der Waals surface area contributed by atoms with Crippen molar-refractivity contribution in [3.05, 3.63) is 35.5 Å². The molecule has 2 aliphatic rings. The van der Waals surface area contributed by atoms with Gasteiger partial charge in [0.2, 0.25) is 6.79 Å². The molecule has 1 saturated carbocycles.